The SMILES string of the molecule is CCCn1c(=O)c2c(nc(-c3cccnc3OCC3CC3)n2Cc2ccccc2)n(C(C)C)c1=O. The summed E-state index contributed by atoms with van der Waals surface area (Å²) in [6.07, 6.45) is 4.73. The second-order valence-electron chi connectivity index (χ2n) is 9.49. The Morgan fingerprint density at radius 1 is 1.06 bits per heavy atom. The van der Waals surface area contributed by atoms with Gasteiger partial charge in [-0.3, -0.25) is 13.9 Å². The molecule has 5 rings (SSSR count). The monoisotopic (exact) mass is 473 g/mol. The Hall–Kier alpha value is -3.68. The summed E-state index contributed by atoms with van der Waals surface area (Å²) >= 11 is 0. The molecule has 3 aromatic heterocycles. The van der Waals surface area contributed by atoms with E-state index in [1.54, 1.807) is 10.8 Å². The standard InChI is InChI=1S/C27H31N5O3/c1-4-15-30-26(33)22-24(32(18(2)3)27(30)34)29-23(31(22)16-19-9-6-5-7-10-19)21-11-8-14-28-25(21)35-17-20-12-13-20/h5-11,14,18,20H,4,12-13,15-17H2,1-3H3. The summed E-state index contributed by atoms with van der Waals surface area (Å²) in [5.41, 5.74) is 1.91. The van der Waals surface area contributed by atoms with Gasteiger partial charge in [0.25, 0.3) is 5.56 Å². The lowest BCUT2D eigenvalue weighted by Crippen LogP contribution is -2.41. The summed E-state index contributed by atoms with van der Waals surface area (Å²) in [7, 11) is 0. The zero-order valence-corrected chi connectivity index (χ0v) is 20.5. The predicted octanol–water partition coefficient (Wildman–Crippen LogP) is 4.25. The molecule has 0 radical (unpaired) electrons. The van der Waals surface area contributed by atoms with Crippen LogP contribution in [0.5, 0.6) is 5.88 Å². The van der Waals surface area contributed by atoms with Crippen molar-refractivity contribution in [2.45, 2.75) is 59.2 Å². The van der Waals surface area contributed by atoms with Gasteiger partial charge in [0.2, 0.25) is 5.88 Å². The largest absolute Gasteiger partial charge is 0.477 e. The Morgan fingerprint density at radius 2 is 1.83 bits per heavy atom. The zero-order valence-electron chi connectivity index (χ0n) is 20.5. The van der Waals surface area contributed by atoms with Gasteiger partial charge in [0.15, 0.2) is 11.2 Å². The molecule has 35 heavy (non-hydrogen) atoms. The van der Waals surface area contributed by atoms with Crippen LogP contribution >= 0.6 is 0 Å². The van der Waals surface area contributed by atoms with E-state index in [4.69, 9.17) is 9.72 Å². The van der Waals surface area contributed by atoms with Gasteiger partial charge < -0.3 is 9.30 Å². The summed E-state index contributed by atoms with van der Waals surface area (Å²) in [6.45, 7) is 7.23. The molecule has 182 valence electrons. The molecule has 1 aromatic carbocycles. The minimum atomic E-state index is -0.327. The first-order valence-corrected chi connectivity index (χ1v) is 12.4. The van der Waals surface area contributed by atoms with Gasteiger partial charge in [-0.15, -0.1) is 0 Å². The molecule has 1 aliphatic rings. The molecule has 8 heteroatoms. The average Bonchev–Trinajstić information content (AvgIpc) is 3.62. The summed E-state index contributed by atoms with van der Waals surface area (Å²) in [4.78, 5) is 36.5. The number of aromatic nitrogens is 5. The Morgan fingerprint density at radius 3 is 2.51 bits per heavy atom. The molecule has 0 unspecified atom stereocenters. The van der Waals surface area contributed by atoms with Crippen molar-refractivity contribution in [3.63, 3.8) is 0 Å². The Balaban J connectivity index is 1.80. The molecule has 0 saturated heterocycles. The van der Waals surface area contributed by atoms with E-state index in [1.807, 2.05) is 67.8 Å². The number of pyridine rings is 1. The number of fused-ring (bicyclic) bond motifs is 1. The summed E-state index contributed by atoms with van der Waals surface area (Å²) in [5.74, 6) is 1.64. The lowest BCUT2D eigenvalue weighted by molar-refractivity contribution is 0.289. The number of benzene rings is 1. The third-order valence-corrected chi connectivity index (χ3v) is 6.37. The van der Waals surface area contributed by atoms with Crippen molar-refractivity contribution in [1.82, 2.24) is 23.7 Å². The first-order chi connectivity index (χ1) is 17.0. The normalized spacial score (nSPS) is 13.6. The Kier molecular flexibility index (Phi) is 6.28. The van der Waals surface area contributed by atoms with Gasteiger partial charge in [0.05, 0.1) is 12.2 Å². The minimum absolute atomic E-state index is 0.166. The topological polar surface area (TPSA) is 83.9 Å². The molecule has 0 N–H and O–H groups in total. The number of imidazole rings is 1. The Bertz CT molecular complexity index is 1460. The fraction of sp³-hybridized carbons (Fsp3) is 0.407. The van der Waals surface area contributed by atoms with Crippen LogP contribution in [0.2, 0.25) is 0 Å². The van der Waals surface area contributed by atoms with Crippen molar-refractivity contribution in [2.24, 2.45) is 5.92 Å². The van der Waals surface area contributed by atoms with Gasteiger partial charge in [-0.1, -0.05) is 37.3 Å². The number of ether oxygens (including phenoxy) is 1. The van der Waals surface area contributed by atoms with Crippen LogP contribution in [0, 0.1) is 5.92 Å². The number of hydrogen-bond donors (Lipinski definition) is 0. The van der Waals surface area contributed by atoms with E-state index in [0.717, 1.165) is 5.56 Å². The third-order valence-electron chi connectivity index (χ3n) is 6.37. The van der Waals surface area contributed by atoms with Crippen LogP contribution in [-0.4, -0.2) is 30.3 Å². The van der Waals surface area contributed by atoms with Gasteiger partial charge in [-0.25, -0.2) is 14.8 Å². The van der Waals surface area contributed by atoms with E-state index < -0.39 is 0 Å². The van der Waals surface area contributed by atoms with Crippen molar-refractivity contribution in [2.75, 3.05) is 6.61 Å². The maximum absolute atomic E-state index is 13.7. The fourth-order valence-corrected chi connectivity index (χ4v) is 4.42. The highest BCUT2D eigenvalue weighted by molar-refractivity contribution is 5.78. The van der Waals surface area contributed by atoms with Crippen LogP contribution in [0.3, 0.4) is 0 Å². The first kappa shape index (κ1) is 23.1. The average molecular weight is 474 g/mol. The molecular formula is C27H31N5O3. The highest BCUT2D eigenvalue weighted by Crippen LogP contribution is 2.33. The molecule has 0 bridgehead atoms. The fourth-order valence-electron chi connectivity index (χ4n) is 4.42. The number of rotatable bonds is 9. The predicted molar refractivity (Wildman–Crippen MR) is 136 cm³/mol. The smallest absolute Gasteiger partial charge is 0.332 e. The number of nitrogens with zero attached hydrogens (tertiary/aromatic N) is 5. The summed E-state index contributed by atoms with van der Waals surface area (Å²) < 4.78 is 11.0. The van der Waals surface area contributed by atoms with Crippen molar-refractivity contribution < 1.29 is 4.74 Å². The highest BCUT2D eigenvalue weighted by atomic mass is 16.5. The van der Waals surface area contributed by atoms with Crippen LogP contribution in [0.4, 0.5) is 0 Å². The van der Waals surface area contributed by atoms with Crippen LogP contribution in [0.25, 0.3) is 22.6 Å². The van der Waals surface area contributed by atoms with E-state index >= 15 is 0 Å². The van der Waals surface area contributed by atoms with Crippen LogP contribution in [-0.2, 0) is 13.1 Å². The van der Waals surface area contributed by atoms with Crippen LogP contribution in [0.1, 0.15) is 51.6 Å². The second kappa shape index (κ2) is 9.52. The third kappa shape index (κ3) is 4.40. The zero-order chi connectivity index (χ0) is 24.5. The van der Waals surface area contributed by atoms with Gasteiger partial charge in [-0.2, -0.15) is 0 Å². The molecule has 3 heterocycles. The van der Waals surface area contributed by atoms with E-state index in [0.29, 0.717) is 60.5 Å². The first-order valence-electron chi connectivity index (χ1n) is 12.4. The summed E-state index contributed by atoms with van der Waals surface area (Å²) in [5, 5.41) is 0. The highest BCUT2D eigenvalue weighted by Gasteiger charge is 2.27. The lowest BCUT2D eigenvalue weighted by Gasteiger charge is -2.15. The maximum atomic E-state index is 13.7. The quantitative estimate of drug-likeness (QED) is 0.363. The molecule has 0 aliphatic heterocycles. The molecular weight excluding hydrogens is 442 g/mol. The summed E-state index contributed by atoms with van der Waals surface area (Å²) in [6, 6.07) is 13.5. The minimum Gasteiger partial charge on any atom is -0.477 e. The van der Waals surface area contributed by atoms with E-state index in [1.165, 1.54) is 17.4 Å². The molecule has 1 fully saturated rings. The van der Waals surface area contributed by atoms with E-state index in [2.05, 4.69) is 4.98 Å². The van der Waals surface area contributed by atoms with Crippen molar-refractivity contribution in [3.8, 4) is 17.3 Å². The Labute approximate surface area is 203 Å². The maximum Gasteiger partial charge on any atom is 0.332 e. The molecule has 1 saturated carbocycles. The van der Waals surface area contributed by atoms with E-state index in [9.17, 15) is 9.59 Å². The van der Waals surface area contributed by atoms with Crippen molar-refractivity contribution in [1.29, 1.82) is 0 Å². The van der Waals surface area contributed by atoms with Gasteiger partial charge in [-0.05, 0) is 56.7 Å². The van der Waals surface area contributed by atoms with Gasteiger partial charge in [0, 0.05) is 25.3 Å². The second-order valence-corrected chi connectivity index (χ2v) is 9.49. The molecule has 0 atom stereocenters. The molecule has 0 spiro atoms. The molecule has 4 aromatic rings. The van der Waals surface area contributed by atoms with Crippen molar-refractivity contribution >= 4 is 11.2 Å². The van der Waals surface area contributed by atoms with Crippen molar-refractivity contribution in [3.05, 3.63) is 75.1 Å². The van der Waals surface area contributed by atoms with Gasteiger partial charge in [0.1, 0.15) is 5.82 Å². The van der Waals surface area contributed by atoms with Crippen LogP contribution < -0.4 is 16.0 Å². The van der Waals surface area contributed by atoms with E-state index in [-0.39, 0.29) is 17.3 Å². The molecule has 0 amide bonds. The molecule has 8 nitrogen and oxygen atoms in total. The van der Waals surface area contributed by atoms with Gasteiger partial charge >= 0.3 is 5.69 Å². The number of hydrogen-bond acceptors (Lipinski definition) is 5. The van der Waals surface area contributed by atoms with Crippen LogP contribution in [0.15, 0.2) is 58.3 Å². The lowest BCUT2D eigenvalue weighted by atomic mass is 10.2. The molecule has 1 aliphatic carbocycles.